The molecule has 144 valence electrons. The first kappa shape index (κ1) is 17.4. The Morgan fingerprint density at radius 1 is 1.07 bits per heavy atom. The molecule has 1 atom stereocenters. The highest BCUT2D eigenvalue weighted by Crippen LogP contribution is 2.33. The van der Waals surface area contributed by atoms with Crippen LogP contribution in [0.4, 0.5) is 8.78 Å². The van der Waals surface area contributed by atoms with Crippen molar-refractivity contribution in [2.24, 2.45) is 7.05 Å². The van der Waals surface area contributed by atoms with E-state index in [0.29, 0.717) is 17.0 Å². The van der Waals surface area contributed by atoms with Gasteiger partial charge in [-0.1, -0.05) is 6.92 Å². The molecule has 0 saturated heterocycles. The van der Waals surface area contributed by atoms with Crippen LogP contribution in [0.1, 0.15) is 24.1 Å². The summed E-state index contributed by atoms with van der Waals surface area (Å²) in [5.41, 5.74) is 2.99. The molecule has 0 saturated carbocycles. The zero-order chi connectivity index (χ0) is 20.1. The Morgan fingerprint density at radius 3 is 2.72 bits per heavy atom. The van der Waals surface area contributed by atoms with Crippen LogP contribution in [0.5, 0.6) is 0 Å². The second-order valence-electron chi connectivity index (χ2n) is 6.95. The highest BCUT2D eigenvalue weighted by molar-refractivity contribution is 5.80. The summed E-state index contributed by atoms with van der Waals surface area (Å²) in [5, 5.41) is 9.08. The van der Waals surface area contributed by atoms with Crippen LogP contribution >= 0.6 is 0 Å². The number of aromatic nitrogens is 6. The predicted molar refractivity (Wildman–Crippen MR) is 104 cm³/mol. The quantitative estimate of drug-likeness (QED) is 0.465. The zero-order valence-electron chi connectivity index (χ0n) is 15.7. The normalized spacial score (nSPS) is 12.7. The van der Waals surface area contributed by atoms with Crippen LogP contribution in [0, 0.1) is 11.6 Å². The maximum Gasteiger partial charge on any atom is 0.153 e. The minimum Gasteiger partial charge on any atom is -0.275 e. The molecule has 0 fully saturated rings. The SMILES string of the molecule is CC(c1c(F)cc2ncccc2c1F)c1cnc2ccc(-c3cnn(C)c3)nn12. The molecular weight excluding hydrogens is 374 g/mol. The van der Waals surface area contributed by atoms with Gasteiger partial charge < -0.3 is 0 Å². The highest BCUT2D eigenvalue weighted by Gasteiger charge is 2.24. The largest absolute Gasteiger partial charge is 0.275 e. The van der Waals surface area contributed by atoms with Crippen LogP contribution in [-0.2, 0) is 7.05 Å². The summed E-state index contributed by atoms with van der Waals surface area (Å²) >= 11 is 0. The molecule has 0 radical (unpaired) electrons. The van der Waals surface area contributed by atoms with Gasteiger partial charge in [-0.05, 0) is 24.3 Å². The fourth-order valence-corrected chi connectivity index (χ4v) is 3.60. The maximum atomic E-state index is 15.2. The fraction of sp³-hybridized carbons (Fsp3) is 0.143. The number of hydrogen-bond donors (Lipinski definition) is 0. The molecule has 0 aliphatic rings. The second kappa shape index (κ2) is 6.44. The smallest absolute Gasteiger partial charge is 0.153 e. The first-order chi connectivity index (χ1) is 14.0. The van der Waals surface area contributed by atoms with E-state index in [-0.39, 0.29) is 16.5 Å². The van der Waals surface area contributed by atoms with Crippen molar-refractivity contribution in [2.75, 3.05) is 0 Å². The predicted octanol–water partition coefficient (Wildman–Crippen LogP) is 4.11. The van der Waals surface area contributed by atoms with Crippen molar-refractivity contribution in [3.63, 3.8) is 0 Å². The maximum absolute atomic E-state index is 15.2. The molecular formula is C21H16F2N6. The first-order valence-electron chi connectivity index (χ1n) is 9.09. The third kappa shape index (κ3) is 2.75. The van der Waals surface area contributed by atoms with Gasteiger partial charge in [0.2, 0.25) is 0 Å². The summed E-state index contributed by atoms with van der Waals surface area (Å²) in [7, 11) is 1.83. The van der Waals surface area contributed by atoms with E-state index in [1.54, 1.807) is 40.6 Å². The fourth-order valence-electron chi connectivity index (χ4n) is 3.60. The third-order valence-corrected chi connectivity index (χ3v) is 5.10. The Labute approximate surface area is 164 Å². The minimum atomic E-state index is -0.639. The summed E-state index contributed by atoms with van der Waals surface area (Å²) in [6.07, 6.45) is 6.68. The van der Waals surface area contributed by atoms with E-state index in [1.165, 1.54) is 12.3 Å². The van der Waals surface area contributed by atoms with E-state index in [2.05, 4.69) is 20.2 Å². The van der Waals surface area contributed by atoms with Gasteiger partial charge in [0.1, 0.15) is 11.6 Å². The van der Waals surface area contributed by atoms with E-state index in [0.717, 1.165) is 5.56 Å². The molecule has 5 rings (SSSR count). The summed E-state index contributed by atoms with van der Waals surface area (Å²) < 4.78 is 33.3. The van der Waals surface area contributed by atoms with Crippen molar-refractivity contribution < 1.29 is 8.78 Å². The lowest BCUT2D eigenvalue weighted by Gasteiger charge is -2.15. The van der Waals surface area contributed by atoms with E-state index in [9.17, 15) is 4.39 Å². The number of benzene rings is 1. The van der Waals surface area contributed by atoms with Gasteiger partial charge in [0.05, 0.1) is 29.3 Å². The van der Waals surface area contributed by atoms with Crippen molar-refractivity contribution in [2.45, 2.75) is 12.8 Å². The Morgan fingerprint density at radius 2 is 1.93 bits per heavy atom. The number of halogens is 2. The Hall–Kier alpha value is -3.68. The Bertz CT molecular complexity index is 1370. The van der Waals surface area contributed by atoms with Gasteiger partial charge >= 0.3 is 0 Å². The molecule has 0 bridgehead atoms. The van der Waals surface area contributed by atoms with Crippen molar-refractivity contribution in [1.82, 2.24) is 29.4 Å². The molecule has 0 N–H and O–H groups in total. The van der Waals surface area contributed by atoms with Crippen LogP contribution in [0.25, 0.3) is 27.8 Å². The Balaban J connectivity index is 1.67. The van der Waals surface area contributed by atoms with E-state index < -0.39 is 17.6 Å². The van der Waals surface area contributed by atoms with Gasteiger partial charge in [-0.25, -0.2) is 18.3 Å². The van der Waals surface area contributed by atoms with Gasteiger partial charge in [-0.15, -0.1) is 0 Å². The third-order valence-electron chi connectivity index (χ3n) is 5.10. The molecule has 5 aromatic rings. The molecule has 6 nitrogen and oxygen atoms in total. The standard InChI is InChI=1S/C21H16F2N6/c1-12(20-15(22)8-17-14(21(20)23)4-3-7-24-17)18-10-25-19-6-5-16(27-29(18)19)13-9-26-28(2)11-13/h3-12H,1-2H3. The average molecular weight is 390 g/mol. The summed E-state index contributed by atoms with van der Waals surface area (Å²) in [5.74, 6) is -1.86. The molecule has 0 aliphatic heterocycles. The molecule has 0 amide bonds. The lowest BCUT2D eigenvalue weighted by Crippen LogP contribution is -2.08. The topological polar surface area (TPSA) is 60.9 Å². The van der Waals surface area contributed by atoms with Crippen LogP contribution in [0.2, 0.25) is 0 Å². The van der Waals surface area contributed by atoms with Crippen LogP contribution in [0.15, 0.2) is 55.1 Å². The van der Waals surface area contributed by atoms with E-state index in [1.807, 2.05) is 25.4 Å². The van der Waals surface area contributed by atoms with Crippen molar-refractivity contribution in [1.29, 1.82) is 0 Å². The molecule has 4 heterocycles. The summed E-state index contributed by atoms with van der Waals surface area (Å²) in [6, 6.07) is 8.16. The average Bonchev–Trinajstić information content (AvgIpc) is 3.33. The Kier molecular flexibility index (Phi) is 3.87. The number of nitrogens with zero attached hydrogens (tertiary/aromatic N) is 6. The lowest BCUT2D eigenvalue weighted by atomic mass is 9.95. The number of rotatable bonds is 3. The number of imidazole rings is 1. The van der Waals surface area contributed by atoms with E-state index >= 15 is 4.39 Å². The van der Waals surface area contributed by atoms with Gasteiger partial charge in [0.25, 0.3) is 0 Å². The zero-order valence-corrected chi connectivity index (χ0v) is 15.7. The second-order valence-corrected chi connectivity index (χ2v) is 6.95. The van der Waals surface area contributed by atoms with Crippen molar-refractivity contribution in [3.05, 3.63) is 78.0 Å². The molecule has 1 aromatic carbocycles. The van der Waals surface area contributed by atoms with Crippen molar-refractivity contribution >= 4 is 16.6 Å². The van der Waals surface area contributed by atoms with E-state index in [4.69, 9.17) is 0 Å². The van der Waals surface area contributed by atoms with Gasteiger partial charge in [-0.2, -0.15) is 10.2 Å². The molecule has 4 aromatic heterocycles. The van der Waals surface area contributed by atoms with Crippen molar-refractivity contribution in [3.8, 4) is 11.3 Å². The number of pyridine rings is 1. The number of hydrogen-bond acceptors (Lipinski definition) is 4. The monoisotopic (exact) mass is 390 g/mol. The summed E-state index contributed by atoms with van der Waals surface area (Å²) in [4.78, 5) is 8.39. The summed E-state index contributed by atoms with van der Waals surface area (Å²) in [6.45, 7) is 1.74. The van der Waals surface area contributed by atoms with Gasteiger partial charge in [0, 0.05) is 47.9 Å². The van der Waals surface area contributed by atoms with Gasteiger partial charge in [0.15, 0.2) is 5.65 Å². The molecule has 0 aliphatic carbocycles. The molecule has 0 spiro atoms. The highest BCUT2D eigenvalue weighted by atomic mass is 19.1. The number of fused-ring (bicyclic) bond motifs is 2. The number of aryl methyl sites for hydroxylation is 1. The minimum absolute atomic E-state index is 0.0270. The van der Waals surface area contributed by atoms with Crippen LogP contribution < -0.4 is 0 Å². The molecule has 1 unspecified atom stereocenters. The first-order valence-corrected chi connectivity index (χ1v) is 9.09. The van der Waals surface area contributed by atoms with Crippen LogP contribution in [0.3, 0.4) is 0 Å². The van der Waals surface area contributed by atoms with Crippen LogP contribution in [-0.4, -0.2) is 29.4 Å². The molecule has 29 heavy (non-hydrogen) atoms. The van der Waals surface area contributed by atoms with Gasteiger partial charge in [-0.3, -0.25) is 9.67 Å². The lowest BCUT2D eigenvalue weighted by molar-refractivity contribution is 0.551. The molecule has 8 heteroatoms.